The molecule has 2 aromatic rings. The minimum atomic E-state index is -3.14. The monoisotopic (exact) mass is 293 g/mol. The van der Waals surface area contributed by atoms with Gasteiger partial charge < -0.3 is 15.8 Å². The number of rotatable bonds is 4. The van der Waals surface area contributed by atoms with Crippen LogP contribution in [0.25, 0.3) is 0 Å². The molecule has 0 atom stereocenters. The number of hydrogen-bond acceptors (Lipinski definition) is 4. The van der Waals surface area contributed by atoms with Gasteiger partial charge in [-0.2, -0.15) is 14.0 Å². The molecule has 2 aromatic carbocycles. The molecule has 7 heteroatoms. The maximum absolute atomic E-state index is 13.4. The number of halogens is 3. The molecule has 0 aliphatic rings. The summed E-state index contributed by atoms with van der Waals surface area (Å²) in [7, 11) is 0. The van der Waals surface area contributed by atoms with Crippen molar-refractivity contribution in [3.8, 4) is 11.8 Å². The number of nitriles is 1. The predicted octanol–water partition coefficient (Wildman–Crippen LogP) is 3.62. The Morgan fingerprint density at radius 1 is 1.24 bits per heavy atom. The Morgan fingerprint density at radius 3 is 2.67 bits per heavy atom. The van der Waals surface area contributed by atoms with E-state index in [1.807, 2.05) is 6.07 Å². The second-order valence-corrected chi connectivity index (χ2v) is 4.07. The van der Waals surface area contributed by atoms with Crippen LogP contribution in [-0.2, 0) is 0 Å². The van der Waals surface area contributed by atoms with Gasteiger partial charge in [0.25, 0.3) is 0 Å². The molecular formula is C14H10F3N3O. The highest BCUT2D eigenvalue weighted by molar-refractivity contribution is 5.74. The van der Waals surface area contributed by atoms with E-state index in [2.05, 4.69) is 10.1 Å². The molecule has 0 saturated heterocycles. The fourth-order valence-corrected chi connectivity index (χ4v) is 1.69. The number of nitrogens with two attached hydrogens (primary N) is 1. The standard InChI is InChI=1S/C14H10F3N3O/c15-10-5-11(19)12(6-13(10)21-14(16)17)20-9-3-1-2-8(4-9)7-18/h1-6,14,20H,19H2. The molecule has 108 valence electrons. The molecule has 0 amide bonds. The van der Waals surface area contributed by atoms with Gasteiger partial charge in [-0.25, -0.2) is 4.39 Å². The number of nitrogen functional groups attached to an aromatic ring is 1. The van der Waals surface area contributed by atoms with Crippen molar-refractivity contribution in [3.05, 3.63) is 47.8 Å². The second kappa shape index (κ2) is 6.05. The van der Waals surface area contributed by atoms with Gasteiger partial charge >= 0.3 is 6.61 Å². The first-order valence-corrected chi connectivity index (χ1v) is 5.80. The summed E-state index contributed by atoms with van der Waals surface area (Å²) in [5, 5.41) is 11.6. The molecule has 0 aliphatic carbocycles. The van der Waals surface area contributed by atoms with E-state index in [4.69, 9.17) is 11.0 Å². The van der Waals surface area contributed by atoms with Crippen molar-refractivity contribution in [2.45, 2.75) is 6.61 Å². The minimum Gasteiger partial charge on any atom is -0.432 e. The third-order valence-electron chi connectivity index (χ3n) is 2.59. The number of ether oxygens (including phenoxy) is 1. The summed E-state index contributed by atoms with van der Waals surface area (Å²) in [6, 6.07) is 10.3. The molecule has 0 radical (unpaired) electrons. The summed E-state index contributed by atoms with van der Waals surface area (Å²) in [6.45, 7) is -3.14. The van der Waals surface area contributed by atoms with Crippen LogP contribution in [0.4, 0.5) is 30.2 Å². The number of alkyl halides is 2. The van der Waals surface area contributed by atoms with Crippen LogP contribution in [0, 0.1) is 17.1 Å². The molecule has 0 aromatic heterocycles. The Kier molecular flexibility index (Phi) is 4.18. The minimum absolute atomic E-state index is 0.0245. The summed E-state index contributed by atoms with van der Waals surface area (Å²) in [5.41, 5.74) is 6.77. The number of hydrogen-bond donors (Lipinski definition) is 2. The third kappa shape index (κ3) is 3.57. The van der Waals surface area contributed by atoms with Crippen LogP contribution in [-0.4, -0.2) is 6.61 Å². The summed E-state index contributed by atoms with van der Waals surface area (Å²) < 4.78 is 41.9. The lowest BCUT2D eigenvalue weighted by Gasteiger charge is -2.13. The quantitative estimate of drug-likeness (QED) is 0.844. The summed E-state index contributed by atoms with van der Waals surface area (Å²) in [5.74, 6) is -1.60. The van der Waals surface area contributed by atoms with Gasteiger partial charge in [-0.15, -0.1) is 0 Å². The van der Waals surface area contributed by atoms with E-state index in [1.165, 1.54) is 6.07 Å². The topological polar surface area (TPSA) is 71.1 Å². The fourth-order valence-electron chi connectivity index (χ4n) is 1.69. The van der Waals surface area contributed by atoms with Crippen LogP contribution in [0.1, 0.15) is 5.56 Å². The van der Waals surface area contributed by atoms with Gasteiger partial charge in [0.1, 0.15) is 0 Å². The highest BCUT2D eigenvalue weighted by atomic mass is 19.3. The van der Waals surface area contributed by atoms with Gasteiger partial charge in [0.05, 0.1) is 23.0 Å². The van der Waals surface area contributed by atoms with Crippen LogP contribution in [0.2, 0.25) is 0 Å². The van der Waals surface area contributed by atoms with E-state index in [1.54, 1.807) is 18.2 Å². The number of nitrogens with zero attached hydrogens (tertiary/aromatic N) is 1. The molecule has 0 unspecified atom stereocenters. The first kappa shape index (κ1) is 14.5. The van der Waals surface area contributed by atoms with Crippen molar-refractivity contribution < 1.29 is 17.9 Å². The van der Waals surface area contributed by atoms with Crippen LogP contribution >= 0.6 is 0 Å². The van der Waals surface area contributed by atoms with E-state index in [0.717, 1.165) is 12.1 Å². The van der Waals surface area contributed by atoms with Crippen molar-refractivity contribution in [2.24, 2.45) is 0 Å². The van der Waals surface area contributed by atoms with E-state index >= 15 is 0 Å². The summed E-state index contributed by atoms with van der Waals surface area (Å²) in [4.78, 5) is 0. The fraction of sp³-hybridized carbons (Fsp3) is 0.0714. The molecule has 0 fully saturated rings. The van der Waals surface area contributed by atoms with Crippen LogP contribution < -0.4 is 15.8 Å². The number of benzene rings is 2. The molecule has 21 heavy (non-hydrogen) atoms. The number of nitrogens with one attached hydrogen (secondary N) is 1. The zero-order valence-electron chi connectivity index (χ0n) is 10.6. The van der Waals surface area contributed by atoms with Crippen molar-refractivity contribution in [2.75, 3.05) is 11.1 Å². The van der Waals surface area contributed by atoms with Gasteiger partial charge in [-0.05, 0) is 18.2 Å². The molecule has 0 bridgehead atoms. The maximum atomic E-state index is 13.4. The predicted molar refractivity (Wildman–Crippen MR) is 71.9 cm³/mol. The molecular weight excluding hydrogens is 283 g/mol. The van der Waals surface area contributed by atoms with Crippen LogP contribution in [0.3, 0.4) is 0 Å². The average Bonchev–Trinajstić information content (AvgIpc) is 2.44. The van der Waals surface area contributed by atoms with Crippen LogP contribution in [0.5, 0.6) is 5.75 Å². The van der Waals surface area contributed by atoms with Crippen molar-refractivity contribution in [3.63, 3.8) is 0 Å². The zero-order chi connectivity index (χ0) is 15.4. The van der Waals surface area contributed by atoms with Crippen LogP contribution in [0.15, 0.2) is 36.4 Å². The van der Waals surface area contributed by atoms with E-state index in [0.29, 0.717) is 11.3 Å². The lowest BCUT2D eigenvalue weighted by atomic mass is 10.2. The lowest BCUT2D eigenvalue weighted by Crippen LogP contribution is -2.05. The van der Waals surface area contributed by atoms with Gasteiger partial charge in [-0.3, -0.25) is 0 Å². The first-order valence-electron chi connectivity index (χ1n) is 5.80. The number of anilines is 3. The molecule has 2 rings (SSSR count). The first-order chi connectivity index (χ1) is 9.99. The Hall–Kier alpha value is -2.88. The molecule has 0 aliphatic heterocycles. The Morgan fingerprint density at radius 2 is 2.00 bits per heavy atom. The molecule has 0 saturated carbocycles. The summed E-state index contributed by atoms with van der Waals surface area (Å²) in [6.07, 6.45) is 0. The Balaban J connectivity index is 2.32. The lowest BCUT2D eigenvalue weighted by molar-refractivity contribution is -0.0521. The average molecular weight is 293 g/mol. The highest BCUT2D eigenvalue weighted by Crippen LogP contribution is 2.31. The van der Waals surface area contributed by atoms with E-state index in [-0.39, 0.29) is 11.4 Å². The van der Waals surface area contributed by atoms with Crippen molar-refractivity contribution >= 4 is 17.1 Å². The summed E-state index contributed by atoms with van der Waals surface area (Å²) >= 11 is 0. The van der Waals surface area contributed by atoms with Crippen molar-refractivity contribution in [1.82, 2.24) is 0 Å². The van der Waals surface area contributed by atoms with Gasteiger partial charge in [0.2, 0.25) is 0 Å². The zero-order valence-corrected chi connectivity index (χ0v) is 10.6. The molecule has 0 spiro atoms. The van der Waals surface area contributed by atoms with E-state index in [9.17, 15) is 13.2 Å². The van der Waals surface area contributed by atoms with Crippen molar-refractivity contribution in [1.29, 1.82) is 5.26 Å². The van der Waals surface area contributed by atoms with E-state index < -0.39 is 18.2 Å². The molecule has 3 N–H and O–H groups in total. The molecule has 0 heterocycles. The Labute approximate surface area is 118 Å². The normalized spacial score (nSPS) is 10.2. The maximum Gasteiger partial charge on any atom is 0.387 e. The second-order valence-electron chi connectivity index (χ2n) is 4.07. The highest BCUT2D eigenvalue weighted by Gasteiger charge is 2.13. The van der Waals surface area contributed by atoms with Gasteiger partial charge in [0, 0.05) is 17.8 Å². The largest absolute Gasteiger partial charge is 0.432 e. The SMILES string of the molecule is N#Cc1cccc(Nc2cc(OC(F)F)c(F)cc2N)c1. The molecule has 4 nitrogen and oxygen atoms in total. The Bertz CT molecular complexity index is 698. The van der Waals surface area contributed by atoms with Gasteiger partial charge in [-0.1, -0.05) is 6.07 Å². The third-order valence-corrected chi connectivity index (χ3v) is 2.59. The smallest absolute Gasteiger partial charge is 0.387 e. The van der Waals surface area contributed by atoms with Gasteiger partial charge in [0.15, 0.2) is 11.6 Å².